The van der Waals surface area contributed by atoms with Gasteiger partial charge in [0.05, 0.1) is 5.56 Å². The van der Waals surface area contributed by atoms with Gasteiger partial charge in [0.2, 0.25) is 0 Å². The number of ether oxygens (including phenoxy) is 1. The van der Waals surface area contributed by atoms with Crippen LogP contribution in [-0.2, 0) is 22.3 Å². The maximum absolute atomic E-state index is 12.4. The highest BCUT2D eigenvalue weighted by Crippen LogP contribution is 2.29. The van der Waals surface area contributed by atoms with Crippen LogP contribution in [0.3, 0.4) is 0 Å². The maximum atomic E-state index is 12.4. The van der Waals surface area contributed by atoms with Crippen LogP contribution in [0.2, 0.25) is 0 Å². The monoisotopic (exact) mass is 246 g/mol. The van der Waals surface area contributed by atoms with Gasteiger partial charge in [0, 0.05) is 6.42 Å². The third-order valence-corrected chi connectivity index (χ3v) is 2.11. The number of alkyl halides is 3. The fourth-order valence-electron chi connectivity index (χ4n) is 1.28. The molecule has 0 heterocycles. The Bertz CT molecular complexity index is 386. The highest BCUT2D eigenvalue weighted by molar-refractivity contribution is 5.69. The molecule has 17 heavy (non-hydrogen) atoms. The van der Waals surface area contributed by atoms with Crippen LogP contribution in [0.1, 0.15) is 30.9 Å². The number of esters is 1. The molecular weight excluding hydrogens is 233 g/mol. The molecule has 0 aliphatic rings. The highest BCUT2D eigenvalue weighted by atomic mass is 19.4. The van der Waals surface area contributed by atoms with Gasteiger partial charge in [0.25, 0.3) is 0 Å². The number of rotatable bonds is 4. The maximum Gasteiger partial charge on any atom is 0.416 e. The smallest absolute Gasteiger partial charge is 0.416 e. The molecule has 5 heteroatoms. The van der Waals surface area contributed by atoms with E-state index in [4.69, 9.17) is 4.74 Å². The summed E-state index contributed by atoms with van der Waals surface area (Å²) in [7, 11) is 0. The first-order valence-electron chi connectivity index (χ1n) is 5.25. The second kappa shape index (κ2) is 5.70. The summed E-state index contributed by atoms with van der Waals surface area (Å²) in [6.07, 6.45) is -3.44. The summed E-state index contributed by atoms with van der Waals surface area (Å²) in [5.74, 6) is -0.398. The molecule has 0 saturated carbocycles. The van der Waals surface area contributed by atoms with Gasteiger partial charge in [-0.15, -0.1) is 0 Å². The van der Waals surface area contributed by atoms with Crippen molar-refractivity contribution in [3.8, 4) is 0 Å². The molecule has 0 unspecified atom stereocenters. The standard InChI is InChI=1S/C12H13F3O2/c1-2-4-11(16)17-8-9-5-3-6-10(7-9)12(13,14)15/h3,5-7H,2,4,8H2,1H3. The van der Waals surface area contributed by atoms with Crippen molar-refractivity contribution in [3.05, 3.63) is 35.4 Å². The van der Waals surface area contributed by atoms with Crippen LogP contribution >= 0.6 is 0 Å². The van der Waals surface area contributed by atoms with Gasteiger partial charge in [-0.1, -0.05) is 19.1 Å². The molecule has 0 saturated heterocycles. The van der Waals surface area contributed by atoms with Crippen LogP contribution in [-0.4, -0.2) is 5.97 Å². The van der Waals surface area contributed by atoms with E-state index in [1.54, 1.807) is 0 Å². The number of benzene rings is 1. The highest BCUT2D eigenvalue weighted by Gasteiger charge is 2.30. The summed E-state index contributed by atoms with van der Waals surface area (Å²) < 4.78 is 42.0. The molecular formula is C12H13F3O2. The van der Waals surface area contributed by atoms with Gasteiger partial charge in [-0.2, -0.15) is 13.2 Å². The van der Waals surface area contributed by atoms with Crippen LogP contribution in [0.25, 0.3) is 0 Å². The van der Waals surface area contributed by atoms with Crippen molar-refractivity contribution in [2.24, 2.45) is 0 Å². The van der Waals surface area contributed by atoms with Crippen LogP contribution < -0.4 is 0 Å². The summed E-state index contributed by atoms with van der Waals surface area (Å²) in [5, 5.41) is 0. The molecule has 0 aliphatic carbocycles. The Hall–Kier alpha value is -1.52. The van der Waals surface area contributed by atoms with E-state index in [0.29, 0.717) is 12.0 Å². The van der Waals surface area contributed by atoms with Gasteiger partial charge in [-0.05, 0) is 24.1 Å². The summed E-state index contributed by atoms with van der Waals surface area (Å²) in [5.41, 5.74) is -0.397. The summed E-state index contributed by atoms with van der Waals surface area (Å²) in [4.78, 5) is 11.1. The molecule has 0 radical (unpaired) electrons. The zero-order chi connectivity index (χ0) is 12.9. The molecule has 0 N–H and O–H groups in total. The summed E-state index contributed by atoms with van der Waals surface area (Å²) >= 11 is 0. The molecule has 0 aliphatic heterocycles. The minimum absolute atomic E-state index is 0.122. The van der Waals surface area contributed by atoms with Gasteiger partial charge >= 0.3 is 12.1 Å². The summed E-state index contributed by atoms with van der Waals surface area (Å²) in [6, 6.07) is 4.76. The van der Waals surface area contributed by atoms with Crippen LogP contribution in [0.5, 0.6) is 0 Å². The third kappa shape index (κ3) is 4.46. The first-order chi connectivity index (χ1) is 7.93. The van der Waals surface area contributed by atoms with Gasteiger partial charge in [-0.25, -0.2) is 0 Å². The lowest BCUT2D eigenvalue weighted by atomic mass is 10.1. The summed E-state index contributed by atoms with van der Waals surface area (Å²) in [6.45, 7) is 1.70. The van der Waals surface area contributed by atoms with Crippen molar-refractivity contribution in [2.45, 2.75) is 32.5 Å². The van der Waals surface area contributed by atoms with Crippen molar-refractivity contribution < 1.29 is 22.7 Å². The van der Waals surface area contributed by atoms with Gasteiger partial charge < -0.3 is 4.74 Å². The van der Waals surface area contributed by atoms with Gasteiger partial charge in [0.1, 0.15) is 6.61 Å². The Morgan fingerprint density at radius 2 is 2.06 bits per heavy atom. The number of carbonyl (C=O) groups is 1. The molecule has 0 amide bonds. The minimum Gasteiger partial charge on any atom is -0.461 e. The van der Waals surface area contributed by atoms with E-state index in [1.165, 1.54) is 12.1 Å². The lowest BCUT2D eigenvalue weighted by Gasteiger charge is -2.09. The first kappa shape index (κ1) is 13.5. The molecule has 2 nitrogen and oxygen atoms in total. The number of halogens is 3. The van der Waals surface area contributed by atoms with Crippen LogP contribution in [0, 0.1) is 0 Å². The van der Waals surface area contributed by atoms with Crippen molar-refractivity contribution in [3.63, 3.8) is 0 Å². The van der Waals surface area contributed by atoms with Gasteiger partial charge in [-0.3, -0.25) is 4.79 Å². The molecule has 1 rings (SSSR count). The average Bonchev–Trinajstić information content (AvgIpc) is 2.26. The molecule has 0 bridgehead atoms. The zero-order valence-electron chi connectivity index (χ0n) is 9.38. The second-order valence-corrected chi connectivity index (χ2v) is 3.61. The average molecular weight is 246 g/mol. The van der Waals surface area contributed by atoms with E-state index in [-0.39, 0.29) is 13.0 Å². The normalized spacial score (nSPS) is 11.3. The Morgan fingerprint density at radius 1 is 1.35 bits per heavy atom. The van der Waals surface area contributed by atoms with E-state index < -0.39 is 17.7 Å². The molecule has 1 aromatic rings. The van der Waals surface area contributed by atoms with E-state index in [2.05, 4.69) is 0 Å². The molecule has 0 aromatic heterocycles. The SMILES string of the molecule is CCCC(=O)OCc1cccc(C(F)(F)F)c1. The predicted molar refractivity (Wildman–Crippen MR) is 56.1 cm³/mol. The van der Waals surface area contributed by atoms with Crippen molar-refractivity contribution in [1.29, 1.82) is 0 Å². The van der Waals surface area contributed by atoms with Crippen molar-refractivity contribution >= 4 is 5.97 Å². The Kier molecular flexibility index (Phi) is 4.54. The molecule has 0 fully saturated rings. The fraction of sp³-hybridized carbons (Fsp3) is 0.417. The molecule has 1 aromatic carbocycles. The second-order valence-electron chi connectivity index (χ2n) is 3.61. The quantitative estimate of drug-likeness (QED) is 0.759. The topological polar surface area (TPSA) is 26.3 Å². The van der Waals surface area contributed by atoms with E-state index in [1.807, 2.05) is 6.92 Å². The largest absolute Gasteiger partial charge is 0.461 e. The van der Waals surface area contributed by atoms with Crippen molar-refractivity contribution in [1.82, 2.24) is 0 Å². The lowest BCUT2D eigenvalue weighted by Crippen LogP contribution is -2.07. The Morgan fingerprint density at radius 3 is 2.65 bits per heavy atom. The Balaban J connectivity index is 2.64. The number of carbonyl (C=O) groups excluding carboxylic acids is 1. The molecule has 0 atom stereocenters. The number of hydrogen-bond acceptors (Lipinski definition) is 2. The van der Waals surface area contributed by atoms with Crippen molar-refractivity contribution in [2.75, 3.05) is 0 Å². The van der Waals surface area contributed by atoms with Crippen LogP contribution in [0.15, 0.2) is 24.3 Å². The number of hydrogen-bond donors (Lipinski definition) is 0. The Labute approximate surface area is 97.4 Å². The predicted octanol–water partition coefficient (Wildman–Crippen LogP) is 3.55. The minimum atomic E-state index is -4.37. The lowest BCUT2D eigenvalue weighted by molar-refractivity contribution is -0.145. The first-order valence-corrected chi connectivity index (χ1v) is 5.25. The van der Waals surface area contributed by atoms with Crippen LogP contribution in [0.4, 0.5) is 13.2 Å². The van der Waals surface area contributed by atoms with E-state index >= 15 is 0 Å². The molecule has 94 valence electrons. The zero-order valence-corrected chi connectivity index (χ0v) is 9.38. The fourth-order valence-corrected chi connectivity index (χ4v) is 1.28. The third-order valence-electron chi connectivity index (χ3n) is 2.11. The molecule has 0 spiro atoms. The van der Waals surface area contributed by atoms with Gasteiger partial charge in [0.15, 0.2) is 0 Å². The van der Waals surface area contributed by atoms with E-state index in [9.17, 15) is 18.0 Å². The van der Waals surface area contributed by atoms with E-state index in [0.717, 1.165) is 12.1 Å².